The van der Waals surface area contributed by atoms with Crippen LogP contribution in [0.2, 0.25) is 0 Å². The highest BCUT2D eigenvalue weighted by molar-refractivity contribution is 5.89. The summed E-state index contributed by atoms with van der Waals surface area (Å²) in [6.07, 6.45) is 0.147. The first-order valence-electron chi connectivity index (χ1n) is 5.06. The fraction of sp³-hybridized carbons (Fsp3) is 0.231. The number of carbonyl (C=O) groups excluding carboxylic acids is 2. The third-order valence-corrected chi connectivity index (χ3v) is 2.01. The number of carbonyl (C=O) groups is 2. The second-order valence-corrected chi connectivity index (χ2v) is 3.54. The summed E-state index contributed by atoms with van der Waals surface area (Å²) in [6, 6.07) is 6.59. The Hall–Kier alpha value is -2.10. The Morgan fingerprint density at radius 1 is 1.24 bits per heavy atom. The second kappa shape index (κ2) is 5.84. The number of benzene rings is 1. The molecule has 0 radical (unpaired) electrons. The molecule has 0 N–H and O–H groups in total. The van der Waals surface area contributed by atoms with Gasteiger partial charge in [0.25, 0.3) is 0 Å². The van der Waals surface area contributed by atoms with E-state index in [-0.39, 0.29) is 12.4 Å². The van der Waals surface area contributed by atoms with E-state index >= 15 is 0 Å². The average Bonchev–Trinajstić information content (AvgIpc) is 2.28. The molecule has 0 amide bonds. The van der Waals surface area contributed by atoms with E-state index in [0.717, 1.165) is 5.56 Å². The molecule has 0 saturated heterocycles. The topological polar surface area (TPSA) is 52.6 Å². The summed E-state index contributed by atoms with van der Waals surface area (Å²) in [7, 11) is 1.32. The number of esters is 2. The monoisotopic (exact) mass is 234 g/mol. The smallest absolute Gasteiger partial charge is 0.337 e. The van der Waals surface area contributed by atoms with Gasteiger partial charge in [0.15, 0.2) is 0 Å². The van der Waals surface area contributed by atoms with Crippen LogP contribution >= 0.6 is 0 Å². The van der Waals surface area contributed by atoms with Crippen molar-refractivity contribution in [3.63, 3.8) is 0 Å². The summed E-state index contributed by atoms with van der Waals surface area (Å²) in [4.78, 5) is 22.5. The summed E-state index contributed by atoms with van der Waals surface area (Å²) < 4.78 is 9.40. The molecule has 0 spiro atoms. The summed E-state index contributed by atoms with van der Waals surface area (Å²) in [5, 5.41) is 0. The molecule has 0 aliphatic heterocycles. The van der Waals surface area contributed by atoms with Crippen molar-refractivity contribution in [1.29, 1.82) is 0 Å². The minimum absolute atomic E-state index is 0.147. The van der Waals surface area contributed by atoms with E-state index in [1.165, 1.54) is 7.11 Å². The molecule has 0 saturated carbocycles. The van der Waals surface area contributed by atoms with Gasteiger partial charge in [-0.25, -0.2) is 4.79 Å². The molecule has 17 heavy (non-hydrogen) atoms. The number of hydrogen-bond acceptors (Lipinski definition) is 4. The van der Waals surface area contributed by atoms with Gasteiger partial charge in [0.1, 0.15) is 0 Å². The van der Waals surface area contributed by atoms with Crippen LogP contribution in [-0.2, 0) is 20.7 Å². The van der Waals surface area contributed by atoms with Crippen molar-refractivity contribution in [2.24, 2.45) is 0 Å². The fourth-order valence-corrected chi connectivity index (χ4v) is 1.27. The molecule has 1 aromatic rings. The predicted octanol–water partition coefficient (Wildman–Crippen LogP) is 2.09. The third kappa shape index (κ3) is 4.10. The van der Waals surface area contributed by atoms with Crippen LogP contribution < -0.4 is 0 Å². The van der Waals surface area contributed by atoms with Crippen LogP contribution in [0.15, 0.2) is 36.6 Å². The maximum absolute atomic E-state index is 11.3. The molecule has 0 aliphatic rings. The number of ether oxygens (including phenoxy) is 2. The van der Waals surface area contributed by atoms with Crippen LogP contribution in [0, 0.1) is 0 Å². The summed E-state index contributed by atoms with van der Waals surface area (Å²) in [5.74, 6) is -0.412. The van der Waals surface area contributed by atoms with Crippen LogP contribution in [0.4, 0.5) is 0 Å². The minimum atomic E-state index is -0.402. The highest BCUT2D eigenvalue weighted by atomic mass is 16.5. The van der Waals surface area contributed by atoms with Gasteiger partial charge in [0.2, 0.25) is 0 Å². The van der Waals surface area contributed by atoms with Crippen molar-refractivity contribution in [3.8, 4) is 0 Å². The van der Waals surface area contributed by atoms with E-state index in [0.29, 0.717) is 11.3 Å². The molecule has 0 heterocycles. The molecule has 0 aromatic heterocycles. The molecule has 0 fully saturated rings. The molecule has 4 heteroatoms. The molecule has 1 aromatic carbocycles. The standard InChI is InChI=1S/C13H14O4/c1-9(2)17-12(14)8-10-4-6-11(7-5-10)13(15)16-3/h4-7H,1,8H2,2-3H3. The zero-order chi connectivity index (χ0) is 12.8. The van der Waals surface area contributed by atoms with Crippen LogP contribution in [0.1, 0.15) is 22.8 Å². The van der Waals surface area contributed by atoms with Gasteiger partial charge in [-0.1, -0.05) is 18.7 Å². The van der Waals surface area contributed by atoms with Gasteiger partial charge in [-0.15, -0.1) is 0 Å². The first-order chi connectivity index (χ1) is 8.02. The van der Waals surface area contributed by atoms with Gasteiger partial charge in [-0.3, -0.25) is 4.79 Å². The molecule has 1 rings (SSSR count). The largest absolute Gasteiger partial charge is 0.465 e. The quantitative estimate of drug-likeness (QED) is 0.591. The van der Waals surface area contributed by atoms with E-state index in [4.69, 9.17) is 4.74 Å². The molecule has 4 nitrogen and oxygen atoms in total. The van der Waals surface area contributed by atoms with Gasteiger partial charge in [0.05, 0.1) is 24.9 Å². The van der Waals surface area contributed by atoms with Crippen molar-refractivity contribution < 1.29 is 19.1 Å². The van der Waals surface area contributed by atoms with Gasteiger partial charge in [-0.05, 0) is 24.6 Å². The van der Waals surface area contributed by atoms with E-state index in [9.17, 15) is 9.59 Å². The Morgan fingerprint density at radius 2 is 1.82 bits per heavy atom. The molecular weight excluding hydrogens is 220 g/mol. The second-order valence-electron chi connectivity index (χ2n) is 3.54. The van der Waals surface area contributed by atoms with Crippen LogP contribution in [0.3, 0.4) is 0 Å². The lowest BCUT2D eigenvalue weighted by Gasteiger charge is -2.04. The SMILES string of the molecule is C=C(C)OC(=O)Cc1ccc(C(=O)OC)cc1. The first-order valence-corrected chi connectivity index (χ1v) is 5.06. The van der Waals surface area contributed by atoms with Gasteiger partial charge >= 0.3 is 11.9 Å². The van der Waals surface area contributed by atoms with E-state index < -0.39 is 5.97 Å². The van der Waals surface area contributed by atoms with Crippen LogP contribution in [0.25, 0.3) is 0 Å². The number of methoxy groups -OCH3 is 1. The highest BCUT2D eigenvalue weighted by Gasteiger charge is 2.07. The van der Waals surface area contributed by atoms with Gasteiger partial charge in [0, 0.05) is 0 Å². The lowest BCUT2D eigenvalue weighted by Crippen LogP contribution is -2.07. The predicted molar refractivity (Wildman–Crippen MR) is 62.4 cm³/mol. The third-order valence-electron chi connectivity index (χ3n) is 2.01. The molecule has 0 bridgehead atoms. The van der Waals surface area contributed by atoms with Crippen LogP contribution in [-0.4, -0.2) is 19.0 Å². The van der Waals surface area contributed by atoms with E-state index in [1.807, 2.05) is 0 Å². The molecule has 0 aliphatic carbocycles. The number of rotatable bonds is 4. The zero-order valence-electron chi connectivity index (χ0n) is 9.86. The van der Waals surface area contributed by atoms with Crippen molar-refractivity contribution >= 4 is 11.9 Å². The summed E-state index contributed by atoms with van der Waals surface area (Å²) >= 11 is 0. The van der Waals surface area contributed by atoms with Gasteiger partial charge < -0.3 is 9.47 Å². The lowest BCUT2D eigenvalue weighted by molar-refractivity contribution is -0.138. The molecule has 0 atom stereocenters. The Morgan fingerprint density at radius 3 is 2.29 bits per heavy atom. The first kappa shape index (κ1) is 13.0. The van der Waals surface area contributed by atoms with Crippen molar-refractivity contribution in [1.82, 2.24) is 0 Å². The lowest BCUT2D eigenvalue weighted by atomic mass is 10.1. The number of allylic oxidation sites excluding steroid dienone is 1. The molecule has 0 unspecified atom stereocenters. The maximum atomic E-state index is 11.3. The molecule has 90 valence electrons. The highest BCUT2D eigenvalue weighted by Crippen LogP contribution is 2.07. The van der Waals surface area contributed by atoms with Gasteiger partial charge in [-0.2, -0.15) is 0 Å². The van der Waals surface area contributed by atoms with Crippen molar-refractivity contribution in [2.45, 2.75) is 13.3 Å². The summed E-state index contributed by atoms with van der Waals surface area (Å²) in [5.41, 5.74) is 1.22. The summed E-state index contributed by atoms with van der Waals surface area (Å²) in [6.45, 7) is 5.09. The van der Waals surface area contributed by atoms with E-state index in [2.05, 4.69) is 11.3 Å². The Kier molecular flexibility index (Phi) is 4.46. The number of hydrogen-bond donors (Lipinski definition) is 0. The normalized spacial score (nSPS) is 9.53. The Bertz CT molecular complexity index is 431. The van der Waals surface area contributed by atoms with Crippen molar-refractivity contribution in [2.75, 3.05) is 7.11 Å². The Balaban J connectivity index is 2.65. The Labute approximate surface area is 99.8 Å². The molecular formula is C13H14O4. The van der Waals surface area contributed by atoms with Crippen LogP contribution in [0.5, 0.6) is 0 Å². The van der Waals surface area contributed by atoms with E-state index in [1.54, 1.807) is 31.2 Å². The maximum Gasteiger partial charge on any atom is 0.337 e. The van der Waals surface area contributed by atoms with Crippen molar-refractivity contribution in [3.05, 3.63) is 47.7 Å². The zero-order valence-corrected chi connectivity index (χ0v) is 9.86. The minimum Gasteiger partial charge on any atom is -0.465 e. The average molecular weight is 234 g/mol. The fourth-order valence-electron chi connectivity index (χ4n) is 1.27.